The maximum Gasteiger partial charge on any atom is 0.330 e. The van der Waals surface area contributed by atoms with E-state index in [-0.39, 0.29) is 5.97 Å². The van der Waals surface area contributed by atoms with Gasteiger partial charge in [0.05, 0.1) is 6.61 Å². The molecule has 0 aromatic heterocycles. The highest BCUT2D eigenvalue weighted by molar-refractivity contribution is 5.81. The van der Waals surface area contributed by atoms with Crippen LogP contribution in [0.3, 0.4) is 0 Å². The SMILES string of the molecule is C=CC(=O)OC[C@H]1C[C@H]2C=C[C@@H]1C2. The summed E-state index contributed by atoms with van der Waals surface area (Å²) in [5.41, 5.74) is 0. The maximum absolute atomic E-state index is 10.8. The third-order valence-corrected chi connectivity index (χ3v) is 3.02. The molecule has 0 saturated heterocycles. The Morgan fingerprint density at radius 2 is 2.38 bits per heavy atom. The number of ether oxygens (including phenoxy) is 1. The molecule has 0 heterocycles. The Labute approximate surface area is 78.3 Å². The van der Waals surface area contributed by atoms with Crippen molar-refractivity contribution in [1.29, 1.82) is 0 Å². The number of rotatable bonds is 3. The van der Waals surface area contributed by atoms with Gasteiger partial charge >= 0.3 is 5.97 Å². The minimum absolute atomic E-state index is 0.299. The van der Waals surface area contributed by atoms with Gasteiger partial charge in [0.2, 0.25) is 0 Å². The molecule has 70 valence electrons. The fourth-order valence-corrected chi connectivity index (χ4v) is 2.33. The van der Waals surface area contributed by atoms with Crippen molar-refractivity contribution < 1.29 is 9.53 Å². The molecule has 2 rings (SSSR count). The van der Waals surface area contributed by atoms with Gasteiger partial charge in [0.15, 0.2) is 0 Å². The number of allylic oxidation sites excluding steroid dienone is 2. The molecule has 1 saturated carbocycles. The van der Waals surface area contributed by atoms with Crippen LogP contribution in [0.15, 0.2) is 24.8 Å². The predicted octanol–water partition coefficient (Wildman–Crippen LogP) is 1.93. The van der Waals surface area contributed by atoms with Crippen molar-refractivity contribution in [3.05, 3.63) is 24.8 Å². The van der Waals surface area contributed by atoms with Gasteiger partial charge in [0, 0.05) is 6.08 Å². The average molecular weight is 178 g/mol. The zero-order chi connectivity index (χ0) is 9.26. The molecule has 0 N–H and O–H groups in total. The number of carbonyl (C=O) groups is 1. The lowest BCUT2D eigenvalue weighted by molar-refractivity contribution is -0.139. The monoisotopic (exact) mass is 178 g/mol. The highest BCUT2D eigenvalue weighted by Gasteiger charge is 2.35. The van der Waals surface area contributed by atoms with Crippen molar-refractivity contribution in [2.75, 3.05) is 6.61 Å². The Bertz CT molecular complexity index is 255. The Hall–Kier alpha value is -1.05. The molecule has 0 aromatic carbocycles. The zero-order valence-corrected chi connectivity index (χ0v) is 7.61. The fourth-order valence-electron chi connectivity index (χ4n) is 2.33. The van der Waals surface area contributed by atoms with E-state index in [0.717, 1.165) is 5.92 Å². The van der Waals surface area contributed by atoms with E-state index < -0.39 is 0 Å². The third kappa shape index (κ3) is 1.67. The van der Waals surface area contributed by atoms with Crippen molar-refractivity contribution in [3.63, 3.8) is 0 Å². The molecule has 3 atom stereocenters. The fraction of sp³-hybridized carbons (Fsp3) is 0.545. The molecule has 2 bridgehead atoms. The van der Waals surface area contributed by atoms with Crippen molar-refractivity contribution >= 4 is 5.97 Å². The smallest absolute Gasteiger partial charge is 0.330 e. The molecule has 2 aliphatic carbocycles. The van der Waals surface area contributed by atoms with Crippen LogP contribution in [0, 0.1) is 17.8 Å². The van der Waals surface area contributed by atoms with Crippen LogP contribution in [-0.4, -0.2) is 12.6 Å². The van der Waals surface area contributed by atoms with Crippen LogP contribution in [0.1, 0.15) is 12.8 Å². The first-order valence-electron chi connectivity index (χ1n) is 4.77. The van der Waals surface area contributed by atoms with Crippen LogP contribution in [0.5, 0.6) is 0 Å². The largest absolute Gasteiger partial charge is 0.462 e. The van der Waals surface area contributed by atoms with Crippen LogP contribution in [0.4, 0.5) is 0 Å². The van der Waals surface area contributed by atoms with Gasteiger partial charge in [-0.2, -0.15) is 0 Å². The molecule has 2 aliphatic rings. The van der Waals surface area contributed by atoms with Gasteiger partial charge in [-0.3, -0.25) is 0 Å². The number of carbonyl (C=O) groups excluding carboxylic acids is 1. The molecule has 0 aliphatic heterocycles. The maximum atomic E-state index is 10.8. The molecule has 1 fully saturated rings. The molecule has 2 nitrogen and oxygen atoms in total. The summed E-state index contributed by atoms with van der Waals surface area (Å²) >= 11 is 0. The van der Waals surface area contributed by atoms with Gasteiger partial charge < -0.3 is 4.74 Å². The molecule has 0 spiro atoms. The number of fused-ring (bicyclic) bond motifs is 2. The summed E-state index contributed by atoms with van der Waals surface area (Å²) in [4.78, 5) is 10.8. The standard InChI is InChI=1S/C11H14O2/c1-2-11(12)13-7-10-6-8-3-4-9(10)5-8/h2-4,8-10H,1,5-7H2/t8-,9+,10+/m0/s1. The summed E-state index contributed by atoms with van der Waals surface area (Å²) in [6, 6.07) is 0. The second kappa shape index (κ2) is 3.36. The third-order valence-electron chi connectivity index (χ3n) is 3.02. The van der Waals surface area contributed by atoms with Crippen molar-refractivity contribution in [2.45, 2.75) is 12.8 Å². The molecular weight excluding hydrogens is 164 g/mol. The zero-order valence-electron chi connectivity index (χ0n) is 7.61. The Balaban J connectivity index is 1.81. The highest BCUT2D eigenvalue weighted by atomic mass is 16.5. The van der Waals surface area contributed by atoms with Crippen LogP contribution < -0.4 is 0 Å². The number of hydrogen-bond donors (Lipinski definition) is 0. The lowest BCUT2D eigenvalue weighted by atomic mass is 9.95. The van der Waals surface area contributed by atoms with E-state index >= 15 is 0 Å². The molecule has 0 amide bonds. The van der Waals surface area contributed by atoms with E-state index in [1.165, 1.54) is 18.9 Å². The normalized spacial score (nSPS) is 34.9. The Morgan fingerprint density at radius 1 is 1.54 bits per heavy atom. The van der Waals surface area contributed by atoms with Gasteiger partial charge in [-0.1, -0.05) is 18.7 Å². The molecule has 0 aromatic rings. The van der Waals surface area contributed by atoms with Gasteiger partial charge in [-0.05, 0) is 30.6 Å². The van der Waals surface area contributed by atoms with E-state index in [4.69, 9.17) is 4.74 Å². The second-order valence-electron chi connectivity index (χ2n) is 3.87. The molecule has 2 heteroatoms. The van der Waals surface area contributed by atoms with E-state index in [1.807, 2.05) is 0 Å². The summed E-state index contributed by atoms with van der Waals surface area (Å²) < 4.78 is 5.04. The second-order valence-corrected chi connectivity index (χ2v) is 3.87. The van der Waals surface area contributed by atoms with Crippen LogP contribution >= 0.6 is 0 Å². The van der Waals surface area contributed by atoms with Gasteiger partial charge in [0.1, 0.15) is 0 Å². The number of esters is 1. The number of hydrogen-bond acceptors (Lipinski definition) is 2. The van der Waals surface area contributed by atoms with E-state index in [2.05, 4.69) is 18.7 Å². The predicted molar refractivity (Wildman–Crippen MR) is 50.0 cm³/mol. The Kier molecular flexibility index (Phi) is 2.21. The highest BCUT2D eigenvalue weighted by Crippen LogP contribution is 2.43. The van der Waals surface area contributed by atoms with E-state index in [9.17, 15) is 4.79 Å². The van der Waals surface area contributed by atoms with Gasteiger partial charge in [0.25, 0.3) is 0 Å². The van der Waals surface area contributed by atoms with Crippen LogP contribution in [0.25, 0.3) is 0 Å². The summed E-state index contributed by atoms with van der Waals surface area (Å²) in [6.07, 6.45) is 8.22. The molecule has 13 heavy (non-hydrogen) atoms. The summed E-state index contributed by atoms with van der Waals surface area (Å²) in [5.74, 6) is 1.66. The lowest BCUT2D eigenvalue weighted by Gasteiger charge is -2.16. The topological polar surface area (TPSA) is 26.3 Å². The van der Waals surface area contributed by atoms with Crippen molar-refractivity contribution in [3.8, 4) is 0 Å². The minimum Gasteiger partial charge on any atom is -0.462 e. The summed E-state index contributed by atoms with van der Waals surface area (Å²) in [7, 11) is 0. The summed E-state index contributed by atoms with van der Waals surface area (Å²) in [6.45, 7) is 3.93. The molecule has 0 unspecified atom stereocenters. The quantitative estimate of drug-likeness (QED) is 0.375. The summed E-state index contributed by atoms with van der Waals surface area (Å²) in [5, 5.41) is 0. The minimum atomic E-state index is -0.299. The van der Waals surface area contributed by atoms with Crippen LogP contribution in [-0.2, 0) is 9.53 Å². The molecule has 0 radical (unpaired) electrons. The van der Waals surface area contributed by atoms with Gasteiger partial charge in [-0.15, -0.1) is 0 Å². The first-order chi connectivity index (χ1) is 6.29. The van der Waals surface area contributed by atoms with E-state index in [1.54, 1.807) is 0 Å². The first-order valence-corrected chi connectivity index (χ1v) is 4.77. The lowest BCUT2D eigenvalue weighted by Crippen LogP contribution is -2.16. The van der Waals surface area contributed by atoms with E-state index in [0.29, 0.717) is 18.4 Å². The Morgan fingerprint density at radius 3 is 2.92 bits per heavy atom. The van der Waals surface area contributed by atoms with Crippen LogP contribution in [0.2, 0.25) is 0 Å². The molecular formula is C11H14O2. The van der Waals surface area contributed by atoms with Crippen molar-refractivity contribution in [1.82, 2.24) is 0 Å². The van der Waals surface area contributed by atoms with Crippen molar-refractivity contribution in [2.24, 2.45) is 17.8 Å². The first kappa shape index (κ1) is 8.54. The average Bonchev–Trinajstić information content (AvgIpc) is 2.74. The van der Waals surface area contributed by atoms with Gasteiger partial charge in [-0.25, -0.2) is 4.79 Å².